The molecule has 0 spiro atoms. The highest BCUT2D eigenvalue weighted by molar-refractivity contribution is 7.94. The van der Waals surface area contributed by atoms with Crippen LogP contribution in [0.1, 0.15) is 30.5 Å². The molecule has 2 N–H and O–H groups in total. The van der Waals surface area contributed by atoms with Crippen LogP contribution in [-0.2, 0) is 10.0 Å². The fraction of sp³-hybridized carbons (Fsp3) is 0.357. The zero-order valence-corrected chi connectivity index (χ0v) is 13.9. The number of sulfonamides is 1. The van der Waals surface area contributed by atoms with Gasteiger partial charge in [-0.3, -0.25) is 4.72 Å². The molecule has 21 heavy (non-hydrogen) atoms. The second kappa shape index (κ2) is 6.55. The maximum atomic E-state index is 12.2. The van der Waals surface area contributed by atoms with Crippen LogP contribution < -0.4 is 10.0 Å². The van der Waals surface area contributed by atoms with Crippen molar-refractivity contribution in [2.75, 3.05) is 11.3 Å². The minimum Gasteiger partial charge on any atom is -0.310 e. The lowest BCUT2D eigenvalue weighted by Crippen LogP contribution is -2.17. The SMILES string of the molecule is CCNC(C)c1ccc(NS(=O)(=O)c2cnc(C)s2)cc1. The molecule has 0 saturated heterocycles. The summed E-state index contributed by atoms with van der Waals surface area (Å²) in [5.74, 6) is 0. The van der Waals surface area contributed by atoms with Crippen molar-refractivity contribution >= 4 is 27.0 Å². The van der Waals surface area contributed by atoms with Crippen molar-refractivity contribution in [1.82, 2.24) is 10.3 Å². The first-order valence-electron chi connectivity index (χ1n) is 6.71. The molecule has 114 valence electrons. The molecule has 1 aromatic carbocycles. The zero-order valence-electron chi connectivity index (χ0n) is 12.3. The summed E-state index contributed by atoms with van der Waals surface area (Å²) in [6.45, 7) is 6.79. The first-order chi connectivity index (χ1) is 9.92. The molecule has 2 rings (SSSR count). The Labute approximate surface area is 129 Å². The van der Waals surface area contributed by atoms with E-state index < -0.39 is 10.0 Å². The summed E-state index contributed by atoms with van der Waals surface area (Å²) >= 11 is 1.16. The minimum absolute atomic E-state index is 0.227. The van der Waals surface area contributed by atoms with Crippen LogP contribution in [0, 0.1) is 6.92 Å². The number of nitrogens with one attached hydrogen (secondary N) is 2. The van der Waals surface area contributed by atoms with Gasteiger partial charge in [0.05, 0.1) is 11.2 Å². The number of rotatable bonds is 6. The average molecular weight is 325 g/mol. The van der Waals surface area contributed by atoms with Gasteiger partial charge in [-0.05, 0) is 38.1 Å². The topological polar surface area (TPSA) is 71.1 Å². The summed E-state index contributed by atoms with van der Waals surface area (Å²) < 4.78 is 27.2. The van der Waals surface area contributed by atoms with Crippen molar-refractivity contribution < 1.29 is 8.42 Å². The molecule has 5 nitrogen and oxygen atoms in total. The first kappa shape index (κ1) is 15.9. The lowest BCUT2D eigenvalue weighted by molar-refractivity contribution is 0.598. The Balaban J connectivity index is 2.13. The van der Waals surface area contributed by atoms with Gasteiger partial charge in [0.2, 0.25) is 0 Å². The van der Waals surface area contributed by atoms with Gasteiger partial charge in [-0.15, -0.1) is 11.3 Å². The number of hydrogen-bond acceptors (Lipinski definition) is 5. The van der Waals surface area contributed by atoms with Gasteiger partial charge < -0.3 is 5.32 Å². The van der Waals surface area contributed by atoms with E-state index in [1.54, 1.807) is 19.1 Å². The molecule has 0 radical (unpaired) electrons. The summed E-state index contributed by atoms with van der Waals surface area (Å²) in [5, 5.41) is 4.04. The van der Waals surface area contributed by atoms with Gasteiger partial charge in [-0.2, -0.15) is 0 Å². The number of aryl methyl sites for hydroxylation is 1. The van der Waals surface area contributed by atoms with Crippen LogP contribution in [0.3, 0.4) is 0 Å². The fourth-order valence-electron chi connectivity index (χ4n) is 1.94. The molecule has 0 aliphatic carbocycles. The van der Waals surface area contributed by atoms with Crippen molar-refractivity contribution in [3.8, 4) is 0 Å². The third-order valence-corrected chi connectivity index (χ3v) is 5.79. The van der Waals surface area contributed by atoms with Crippen LogP contribution in [0.4, 0.5) is 5.69 Å². The predicted molar refractivity (Wildman–Crippen MR) is 86.2 cm³/mol. The molecule has 0 saturated carbocycles. The fourth-order valence-corrected chi connectivity index (χ4v) is 4.10. The van der Waals surface area contributed by atoms with Crippen LogP contribution in [0.5, 0.6) is 0 Å². The van der Waals surface area contributed by atoms with Gasteiger partial charge in [0.15, 0.2) is 4.21 Å². The largest absolute Gasteiger partial charge is 0.310 e. The van der Waals surface area contributed by atoms with E-state index in [0.29, 0.717) is 5.69 Å². The van der Waals surface area contributed by atoms with E-state index in [-0.39, 0.29) is 10.3 Å². The van der Waals surface area contributed by atoms with Crippen molar-refractivity contribution in [1.29, 1.82) is 0 Å². The molecule has 0 aliphatic heterocycles. The summed E-state index contributed by atoms with van der Waals surface area (Å²) in [6, 6.07) is 7.62. The third-order valence-electron chi connectivity index (χ3n) is 3.04. The minimum atomic E-state index is -3.55. The highest BCUT2D eigenvalue weighted by Crippen LogP contribution is 2.22. The third kappa shape index (κ3) is 4.03. The summed E-state index contributed by atoms with van der Waals surface area (Å²) in [5.41, 5.74) is 1.67. The highest BCUT2D eigenvalue weighted by atomic mass is 32.2. The summed E-state index contributed by atoms with van der Waals surface area (Å²) in [7, 11) is -3.55. The van der Waals surface area contributed by atoms with Crippen LogP contribution in [0.2, 0.25) is 0 Å². The Morgan fingerprint density at radius 1 is 1.29 bits per heavy atom. The molecule has 1 unspecified atom stereocenters. The first-order valence-corrected chi connectivity index (χ1v) is 9.01. The zero-order chi connectivity index (χ0) is 15.5. The normalized spacial score (nSPS) is 13.1. The van der Waals surface area contributed by atoms with E-state index in [2.05, 4.69) is 28.9 Å². The standard InChI is InChI=1S/C14H19N3O2S2/c1-4-15-10(2)12-5-7-13(8-6-12)17-21(18,19)14-9-16-11(3)20-14/h5-10,15,17H,4H2,1-3H3. The Hall–Kier alpha value is -1.44. The second-order valence-electron chi connectivity index (χ2n) is 4.71. The number of benzene rings is 1. The van der Waals surface area contributed by atoms with E-state index in [0.717, 1.165) is 28.5 Å². The van der Waals surface area contributed by atoms with Gasteiger partial charge >= 0.3 is 0 Å². The Morgan fingerprint density at radius 3 is 2.48 bits per heavy atom. The highest BCUT2D eigenvalue weighted by Gasteiger charge is 2.17. The number of aromatic nitrogens is 1. The molecular formula is C14H19N3O2S2. The lowest BCUT2D eigenvalue weighted by Gasteiger charge is -2.13. The molecule has 2 aromatic rings. The van der Waals surface area contributed by atoms with E-state index in [9.17, 15) is 8.42 Å². The molecule has 1 heterocycles. The Kier molecular flexibility index (Phi) is 4.97. The van der Waals surface area contributed by atoms with Gasteiger partial charge in [0.25, 0.3) is 10.0 Å². The van der Waals surface area contributed by atoms with E-state index in [1.807, 2.05) is 12.1 Å². The van der Waals surface area contributed by atoms with E-state index >= 15 is 0 Å². The van der Waals surface area contributed by atoms with Gasteiger partial charge in [0, 0.05) is 11.7 Å². The smallest absolute Gasteiger partial charge is 0.273 e. The van der Waals surface area contributed by atoms with Crippen molar-refractivity contribution in [3.63, 3.8) is 0 Å². The van der Waals surface area contributed by atoms with Crippen molar-refractivity contribution in [3.05, 3.63) is 41.0 Å². The maximum absolute atomic E-state index is 12.2. The summed E-state index contributed by atoms with van der Waals surface area (Å²) in [6.07, 6.45) is 1.38. The van der Waals surface area contributed by atoms with Crippen LogP contribution in [-0.4, -0.2) is 19.9 Å². The summed E-state index contributed by atoms with van der Waals surface area (Å²) in [4.78, 5) is 3.97. The van der Waals surface area contributed by atoms with Gasteiger partial charge in [-0.25, -0.2) is 13.4 Å². The average Bonchev–Trinajstić information content (AvgIpc) is 2.87. The molecule has 0 aliphatic rings. The monoisotopic (exact) mass is 325 g/mol. The quantitative estimate of drug-likeness (QED) is 0.856. The molecular weight excluding hydrogens is 306 g/mol. The van der Waals surface area contributed by atoms with E-state index in [1.165, 1.54) is 6.20 Å². The molecule has 1 aromatic heterocycles. The van der Waals surface area contributed by atoms with E-state index in [4.69, 9.17) is 0 Å². The number of thiazole rings is 1. The van der Waals surface area contributed by atoms with Crippen molar-refractivity contribution in [2.45, 2.75) is 31.0 Å². The van der Waals surface area contributed by atoms with Crippen molar-refractivity contribution in [2.24, 2.45) is 0 Å². The Morgan fingerprint density at radius 2 is 1.95 bits per heavy atom. The van der Waals surface area contributed by atoms with Crippen LogP contribution >= 0.6 is 11.3 Å². The molecule has 0 bridgehead atoms. The number of nitrogens with zero attached hydrogens (tertiary/aromatic N) is 1. The number of hydrogen-bond donors (Lipinski definition) is 2. The molecule has 7 heteroatoms. The maximum Gasteiger partial charge on any atom is 0.273 e. The molecule has 1 atom stereocenters. The number of anilines is 1. The molecule has 0 fully saturated rings. The predicted octanol–water partition coefficient (Wildman–Crippen LogP) is 2.92. The Bertz CT molecular complexity index is 693. The van der Waals surface area contributed by atoms with Gasteiger partial charge in [-0.1, -0.05) is 19.1 Å². The second-order valence-corrected chi connectivity index (χ2v) is 7.85. The lowest BCUT2D eigenvalue weighted by atomic mass is 10.1. The molecule has 0 amide bonds. The van der Waals surface area contributed by atoms with Gasteiger partial charge in [0.1, 0.15) is 0 Å². The van der Waals surface area contributed by atoms with Crippen LogP contribution in [0.15, 0.2) is 34.7 Å². The van der Waals surface area contributed by atoms with Crippen LogP contribution in [0.25, 0.3) is 0 Å².